The Balaban J connectivity index is 1.49. The molecule has 0 atom stereocenters. The van der Waals surface area contributed by atoms with Crippen LogP contribution in [0.3, 0.4) is 0 Å². The summed E-state index contributed by atoms with van der Waals surface area (Å²) in [5.41, 5.74) is 4.18. The van der Waals surface area contributed by atoms with Crippen molar-refractivity contribution in [1.82, 2.24) is 0 Å². The summed E-state index contributed by atoms with van der Waals surface area (Å²) >= 11 is 0. The summed E-state index contributed by atoms with van der Waals surface area (Å²) in [6.07, 6.45) is 0.827. The topological polar surface area (TPSA) is 59.1 Å². The predicted molar refractivity (Wildman–Crippen MR) is 121 cm³/mol. The summed E-state index contributed by atoms with van der Waals surface area (Å²) in [6.45, 7) is 1.56. The molecule has 32 heavy (non-hydrogen) atoms. The Morgan fingerprint density at radius 2 is 1.50 bits per heavy atom. The van der Waals surface area contributed by atoms with Crippen LogP contribution in [-0.4, -0.2) is 31.6 Å². The molecule has 3 aliphatic rings. The number of nitrogens with zero attached hydrogens (tertiary/aromatic N) is 2. The van der Waals surface area contributed by atoms with Crippen LogP contribution in [0, 0.1) is 0 Å². The fourth-order valence-electron chi connectivity index (χ4n) is 4.61. The highest BCUT2D eigenvalue weighted by Gasteiger charge is 2.44. The second-order valence-electron chi connectivity index (χ2n) is 7.89. The fourth-order valence-corrected chi connectivity index (χ4v) is 4.61. The molecular weight excluding hydrogens is 404 g/mol. The first-order valence-electron chi connectivity index (χ1n) is 10.7. The van der Waals surface area contributed by atoms with Gasteiger partial charge in [0.1, 0.15) is 18.9 Å². The van der Waals surface area contributed by atoms with Crippen LogP contribution in [0.4, 0.5) is 11.4 Å². The van der Waals surface area contributed by atoms with Crippen LogP contribution in [0.25, 0.3) is 5.57 Å². The van der Waals surface area contributed by atoms with Crippen molar-refractivity contribution in [2.45, 2.75) is 6.42 Å². The van der Waals surface area contributed by atoms with E-state index in [0.29, 0.717) is 48.2 Å². The predicted octanol–water partition coefficient (Wildman–Crippen LogP) is 3.81. The normalized spacial score (nSPS) is 17.2. The van der Waals surface area contributed by atoms with Crippen LogP contribution >= 0.6 is 0 Å². The highest BCUT2D eigenvalue weighted by molar-refractivity contribution is 6.46. The van der Waals surface area contributed by atoms with Crippen molar-refractivity contribution in [3.05, 3.63) is 89.6 Å². The number of ether oxygens (including phenoxy) is 2. The minimum absolute atomic E-state index is 0.331. The highest BCUT2D eigenvalue weighted by atomic mass is 16.6. The maximum absolute atomic E-state index is 13.8. The van der Waals surface area contributed by atoms with Crippen molar-refractivity contribution in [1.29, 1.82) is 0 Å². The quantitative estimate of drug-likeness (QED) is 0.599. The zero-order chi connectivity index (χ0) is 21.7. The van der Waals surface area contributed by atoms with Gasteiger partial charge in [-0.05, 0) is 35.7 Å². The molecule has 3 aliphatic heterocycles. The number of para-hydroxylation sites is 1. The zero-order valence-electron chi connectivity index (χ0n) is 17.3. The van der Waals surface area contributed by atoms with Gasteiger partial charge in [0.05, 0.1) is 11.3 Å². The number of hydrogen-bond acceptors (Lipinski definition) is 5. The first-order chi connectivity index (χ1) is 15.7. The number of hydrogen-bond donors (Lipinski definition) is 0. The number of imide groups is 1. The van der Waals surface area contributed by atoms with Crippen LogP contribution < -0.4 is 19.3 Å². The Hall–Kier alpha value is -4.06. The van der Waals surface area contributed by atoms with Crippen LogP contribution in [-0.2, 0) is 16.0 Å². The summed E-state index contributed by atoms with van der Waals surface area (Å²) in [4.78, 5) is 30.7. The second-order valence-corrected chi connectivity index (χ2v) is 7.89. The molecule has 0 N–H and O–H groups in total. The molecule has 0 radical (unpaired) electrons. The van der Waals surface area contributed by atoms with Crippen molar-refractivity contribution in [3.8, 4) is 11.5 Å². The zero-order valence-corrected chi connectivity index (χ0v) is 17.3. The molecule has 0 unspecified atom stereocenters. The molecule has 3 aromatic carbocycles. The summed E-state index contributed by atoms with van der Waals surface area (Å²) in [5, 5.41) is 0. The first kappa shape index (κ1) is 18.7. The van der Waals surface area contributed by atoms with Gasteiger partial charge < -0.3 is 14.4 Å². The third kappa shape index (κ3) is 2.80. The molecule has 0 fully saturated rings. The van der Waals surface area contributed by atoms with Gasteiger partial charge in [-0.25, -0.2) is 4.90 Å². The lowest BCUT2D eigenvalue weighted by Crippen LogP contribution is -2.35. The molecule has 6 heteroatoms. The standard InChI is InChI=1S/C26H20N2O4/c29-25-23(18-7-2-1-3-8-18)24(27-13-12-17-6-4-5-9-20(17)27)26(30)28(25)19-10-11-21-22(16-19)32-15-14-31-21/h1-11,16H,12-15H2. The summed E-state index contributed by atoms with van der Waals surface area (Å²) in [7, 11) is 0. The minimum Gasteiger partial charge on any atom is -0.486 e. The average molecular weight is 424 g/mol. The number of amides is 2. The van der Waals surface area contributed by atoms with Gasteiger partial charge in [0, 0.05) is 18.3 Å². The molecule has 0 bridgehead atoms. The third-order valence-corrected chi connectivity index (χ3v) is 6.06. The lowest BCUT2D eigenvalue weighted by atomic mass is 10.0. The number of carbonyl (C=O) groups excluding carboxylic acids is 2. The maximum atomic E-state index is 13.8. The number of benzene rings is 3. The van der Waals surface area contributed by atoms with Gasteiger partial charge in [0.2, 0.25) is 0 Å². The highest BCUT2D eigenvalue weighted by Crippen LogP contribution is 2.42. The molecule has 0 saturated heterocycles. The van der Waals surface area contributed by atoms with E-state index in [1.165, 1.54) is 10.5 Å². The number of rotatable bonds is 3. The van der Waals surface area contributed by atoms with Gasteiger partial charge in [0.15, 0.2) is 11.5 Å². The third-order valence-electron chi connectivity index (χ3n) is 6.06. The van der Waals surface area contributed by atoms with Crippen molar-refractivity contribution in [2.75, 3.05) is 29.6 Å². The number of fused-ring (bicyclic) bond motifs is 2. The first-order valence-corrected chi connectivity index (χ1v) is 10.7. The number of carbonyl (C=O) groups is 2. The Labute approximate surface area is 185 Å². The summed E-state index contributed by atoms with van der Waals surface area (Å²) in [6, 6.07) is 22.6. The smallest absolute Gasteiger partial charge is 0.282 e. The molecule has 0 saturated carbocycles. The summed E-state index contributed by atoms with van der Waals surface area (Å²) < 4.78 is 11.3. The molecule has 0 spiro atoms. The van der Waals surface area contributed by atoms with E-state index in [4.69, 9.17) is 9.47 Å². The van der Waals surface area contributed by atoms with Gasteiger partial charge in [-0.1, -0.05) is 48.5 Å². The van der Waals surface area contributed by atoms with E-state index in [-0.39, 0.29) is 11.8 Å². The largest absolute Gasteiger partial charge is 0.486 e. The maximum Gasteiger partial charge on any atom is 0.282 e. The minimum atomic E-state index is -0.336. The van der Waals surface area contributed by atoms with Gasteiger partial charge in [-0.15, -0.1) is 0 Å². The van der Waals surface area contributed by atoms with E-state index in [2.05, 4.69) is 6.07 Å². The van der Waals surface area contributed by atoms with E-state index in [1.54, 1.807) is 18.2 Å². The van der Waals surface area contributed by atoms with Gasteiger partial charge >= 0.3 is 0 Å². The lowest BCUT2D eigenvalue weighted by molar-refractivity contribution is -0.120. The van der Waals surface area contributed by atoms with Crippen molar-refractivity contribution in [2.24, 2.45) is 0 Å². The molecule has 3 heterocycles. The number of anilines is 2. The van der Waals surface area contributed by atoms with E-state index >= 15 is 0 Å². The van der Waals surface area contributed by atoms with E-state index < -0.39 is 0 Å². The Morgan fingerprint density at radius 1 is 0.750 bits per heavy atom. The van der Waals surface area contributed by atoms with Crippen molar-refractivity contribution in [3.63, 3.8) is 0 Å². The fraction of sp³-hybridized carbons (Fsp3) is 0.154. The Bertz CT molecular complexity index is 1280. The monoisotopic (exact) mass is 424 g/mol. The molecule has 0 aromatic heterocycles. The van der Waals surface area contributed by atoms with E-state index in [9.17, 15) is 9.59 Å². The van der Waals surface area contributed by atoms with Gasteiger partial charge in [-0.2, -0.15) is 0 Å². The van der Waals surface area contributed by atoms with Gasteiger partial charge in [-0.3, -0.25) is 9.59 Å². The second kappa shape index (κ2) is 7.27. The van der Waals surface area contributed by atoms with Crippen molar-refractivity contribution < 1.29 is 19.1 Å². The SMILES string of the molecule is O=C1C(c2ccccc2)=C(N2CCc3ccccc32)C(=O)N1c1ccc2c(c1)OCCO2. The van der Waals surface area contributed by atoms with E-state index in [1.807, 2.05) is 53.4 Å². The molecule has 0 aliphatic carbocycles. The molecule has 3 aromatic rings. The molecule has 6 rings (SSSR count). The summed E-state index contributed by atoms with van der Waals surface area (Å²) in [5.74, 6) is 0.485. The lowest BCUT2D eigenvalue weighted by Gasteiger charge is -2.23. The Kier molecular flexibility index (Phi) is 4.24. The van der Waals surface area contributed by atoms with Crippen LogP contribution in [0.2, 0.25) is 0 Å². The van der Waals surface area contributed by atoms with Crippen LogP contribution in [0.1, 0.15) is 11.1 Å². The van der Waals surface area contributed by atoms with Crippen LogP contribution in [0.5, 0.6) is 11.5 Å². The van der Waals surface area contributed by atoms with E-state index in [0.717, 1.165) is 17.7 Å². The molecule has 2 amide bonds. The Morgan fingerprint density at radius 3 is 2.34 bits per heavy atom. The van der Waals surface area contributed by atoms with Crippen LogP contribution in [0.15, 0.2) is 78.5 Å². The average Bonchev–Trinajstić information content (AvgIpc) is 3.37. The van der Waals surface area contributed by atoms with Gasteiger partial charge in [0.25, 0.3) is 11.8 Å². The molecular formula is C26H20N2O4. The van der Waals surface area contributed by atoms with Crippen molar-refractivity contribution >= 4 is 28.8 Å². The molecule has 158 valence electrons. The molecule has 6 nitrogen and oxygen atoms in total.